The van der Waals surface area contributed by atoms with Crippen molar-refractivity contribution in [2.75, 3.05) is 12.0 Å². The molecule has 0 fully saturated rings. The number of nitrogens with two attached hydrogens (primary N) is 1. The number of hydrogen-bond acceptors (Lipinski definition) is 7. The normalized spacial score (nSPS) is 10.3. The summed E-state index contributed by atoms with van der Waals surface area (Å²) in [6.45, 7) is 2.48. The molecule has 0 aliphatic heterocycles. The van der Waals surface area contributed by atoms with Gasteiger partial charge in [0.25, 0.3) is 0 Å². The van der Waals surface area contributed by atoms with E-state index in [9.17, 15) is 4.39 Å². The molecule has 0 unspecified atom stereocenters. The molecule has 0 bridgehead atoms. The quantitative estimate of drug-likeness (QED) is 0.624. The summed E-state index contributed by atoms with van der Waals surface area (Å²) in [5.74, 6) is 5.19. The lowest BCUT2D eigenvalue weighted by Gasteiger charge is -2.07. The van der Waals surface area contributed by atoms with Crippen molar-refractivity contribution in [1.82, 2.24) is 15.0 Å². The number of benzene rings is 1. The predicted octanol–water partition coefficient (Wildman–Crippen LogP) is 2.24. The fourth-order valence-electron chi connectivity index (χ4n) is 1.34. The summed E-state index contributed by atoms with van der Waals surface area (Å²) in [5.41, 5.74) is 2.35. The molecule has 106 valence electrons. The average Bonchev–Trinajstić information content (AvgIpc) is 2.45. The molecule has 0 saturated carbocycles. The number of aromatic nitrogens is 3. The topological polar surface area (TPSA) is 86.0 Å². The van der Waals surface area contributed by atoms with Crippen LogP contribution in [-0.4, -0.2) is 21.6 Å². The summed E-state index contributed by atoms with van der Waals surface area (Å²) in [6, 6.07) is 6.35. The fraction of sp³-hybridized carbons (Fsp3) is 0.250. The molecule has 6 nitrogen and oxygen atoms in total. The zero-order chi connectivity index (χ0) is 14.4. The standard InChI is InChI=1S/C12H14FN5OS/c1-2-6-19-11-15-10(18-14)16-12(17-11)20-9-5-3-4-8(13)7-9/h3-5,7H,2,6,14H2,1H3,(H,15,16,17,18). The smallest absolute Gasteiger partial charge is 0.322 e. The molecule has 2 aromatic rings. The summed E-state index contributed by atoms with van der Waals surface area (Å²) >= 11 is 1.20. The molecular formula is C12H14FN5OS. The molecule has 0 amide bonds. The van der Waals surface area contributed by atoms with Gasteiger partial charge >= 0.3 is 6.01 Å². The van der Waals surface area contributed by atoms with E-state index in [2.05, 4.69) is 20.4 Å². The number of hydrazine groups is 1. The van der Waals surface area contributed by atoms with Crippen LogP contribution in [0.25, 0.3) is 0 Å². The van der Waals surface area contributed by atoms with Crippen LogP contribution in [0.1, 0.15) is 13.3 Å². The highest BCUT2D eigenvalue weighted by Crippen LogP contribution is 2.26. The molecule has 8 heteroatoms. The Labute approximate surface area is 120 Å². The van der Waals surface area contributed by atoms with Gasteiger partial charge in [-0.15, -0.1) is 0 Å². The molecule has 0 aliphatic carbocycles. The van der Waals surface area contributed by atoms with E-state index in [-0.39, 0.29) is 17.8 Å². The number of hydrogen-bond donors (Lipinski definition) is 2. The highest BCUT2D eigenvalue weighted by Gasteiger charge is 2.09. The second-order valence-corrected chi connectivity index (χ2v) is 4.82. The maximum atomic E-state index is 13.1. The molecule has 0 atom stereocenters. The van der Waals surface area contributed by atoms with E-state index in [1.807, 2.05) is 6.92 Å². The number of nitrogen functional groups attached to an aromatic ring is 1. The minimum Gasteiger partial charge on any atom is -0.463 e. The Kier molecular flexibility index (Phi) is 5.08. The Hall–Kier alpha value is -1.93. The van der Waals surface area contributed by atoms with Gasteiger partial charge in [-0.05, 0) is 36.4 Å². The third-order valence-corrected chi connectivity index (χ3v) is 3.02. The molecule has 20 heavy (non-hydrogen) atoms. The SMILES string of the molecule is CCCOc1nc(NN)nc(Sc2cccc(F)c2)n1. The molecular weight excluding hydrogens is 281 g/mol. The predicted molar refractivity (Wildman–Crippen MR) is 73.9 cm³/mol. The van der Waals surface area contributed by atoms with Crippen LogP contribution in [0.3, 0.4) is 0 Å². The first-order valence-electron chi connectivity index (χ1n) is 6.00. The zero-order valence-corrected chi connectivity index (χ0v) is 11.7. The van der Waals surface area contributed by atoms with E-state index >= 15 is 0 Å². The minimum atomic E-state index is -0.316. The van der Waals surface area contributed by atoms with Crippen LogP contribution in [-0.2, 0) is 0 Å². The Morgan fingerprint density at radius 3 is 2.90 bits per heavy atom. The van der Waals surface area contributed by atoms with Gasteiger partial charge in [-0.1, -0.05) is 13.0 Å². The highest BCUT2D eigenvalue weighted by molar-refractivity contribution is 7.99. The van der Waals surface area contributed by atoms with E-state index in [0.29, 0.717) is 16.7 Å². The third-order valence-electron chi connectivity index (χ3n) is 2.16. The van der Waals surface area contributed by atoms with Crippen molar-refractivity contribution in [3.63, 3.8) is 0 Å². The van der Waals surface area contributed by atoms with Crippen LogP contribution in [0.5, 0.6) is 6.01 Å². The van der Waals surface area contributed by atoms with Gasteiger partial charge in [0.1, 0.15) is 5.82 Å². The molecule has 1 aromatic heterocycles. The van der Waals surface area contributed by atoms with E-state index in [4.69, 9.17) is 10.6 Å². The Bertz CT molecular complexity index is 584. The molecule has 2 rings (SSSR count). The molecule has 0 radical (unpaired) electrons. The Morgan fingerprint density at radius 2 is 2.20 bits per heavy atom. The van der Waals surface area contributed by atoms with Crippen LogP contribution in [0.15, 0.2) is 34.3 Å². The van der Waals surface area contributed by atoms with Crippen molar-refractivity contribution >= 4 is 17.7 Å². The Balaban J connectivity index is 2.21. The van der Waals surface area contributed by atoms with Crippen LogP contribution < -0.4 is 16.0 Å². The van der Waals surface area contributed by atoms with Crippen molar-refractivity contribution < 1.29 is 9.13 Å². The number of anilines is 1. The van der Waals surface area contributed by atoms with Crippen LogP contribution in [0, 0.1) is 5.82 Å². The van der Waals surface area contributed by atoms with Crippen LogP contribution >= 0.6 is 11.8 Å². The number of nitrogens with one attached hydrogen (secondary N) is 1. The van der Waals surface area contributed by atoms with Gasteiger partial charge in [0.2, 0.25) is 11.1 Å². The van der Waals surface area contributed by atoms with E-state index in [1.54, 1.807) is 12.1 Å². The fourth-order valence-corrected chi connectivity index (χ4v) is 2.13. The summed E-state index contributed by atoms with van der Waals surface area (Å²) in [4.78, 5) is 12.9. The second-order valence-electron chi connectivity index (χ2n) is 3.78. The van der Waals surface area contributed by atoms with Gasteiger partial charge in [0.15, 0.2) is 0 Å². The zero-order valence-electron chi connectivity index (χ0n) is 10.8. The summed E-state index contributed by atoms with van der Waals surface area (Å²) < 4.78 is 18.5. The van der Waals surface area contributed by atoms with Gasteiger partial charge in [-0.25, -0.2) is 10.2 Å². The number of halogens is 1. The van der Waals surface area contributed by atoms with E-state index in [1.165, 1.54) is 23.9 Å². The lowest BCUT2D eigenvalue weighted by molar-refractivity contribution is 0.288. The largest absolute Gasteiger partial charge is 0.463 e. The monoisotopic (exact) mass is 295 g/mol. The maximum Gasteiger partial charge on any atom is 0.322 e. The molecule has 0 aliphatic rings. The van der Waals surface area contributed by atoms with Crippen molar-refractivity contribution in [1.29, 1.82) is 0 Å². The molecule has 0 spiro atoms. The molecule has 3 N–H and O–H groups in total. The van der Waals surface area contributed by atoms with Gasteiger partial charge in [-0.3, -0.25) is 5.43 Å². The molecule has 1 aromatic carbocycles. The number of ether oxygens (including phenoxy) is 1. The van der Waals surface area contributed by atoms with Gasteiger partial charge in [0, 0.05) is 4.90 Å². The average molecular weight is 295 g/mol. The highest BCUT2D eigenvalue weighted by atomic mass is 32.2. The second kappa shape index (κ2) is 7.01. The molecule has 1 heterocycles. The van der Waals surface area contributed by atoms with Crippen molar-refractivity contribution in [3.8, 4) is 6.01 Å². The van der Waals surface area contributed by atoms with Crippen LogP contribution in [0.2, 0.25) is 0 Å². The van der Waals surface area contributed by atoms with E-state index in [0.717, 1.165) is 6.42 Å². The van der Waals surface area contributed by atoms with Crippen molar-refractivity contribution in [3.05, 3.63) is 30.1 Å². The van der Waals surface area contributed by atoms with Gasteiger partial charge < -0.3 is 4.74 Å². The first kappa shape index (κ1) is 14.5. The van der Waals surface area contributed by atoms with Crippen molar-refractivity contribution in [2.45, 2.75) is 23.4 Å². The Morgan fingerprint density at radius 1 is 1.35 bits per heavy atom. The third kappa shape index (κ3) is 4.04. The van der Waals surface area contributed by atoms with Gasteiger partial charge in [0.05, 0.1) is 6.61 Å². The number of nitrogens with zero attached hydrogens (tertiary/aromatic N) is 3. The van der Waals surface area contributed by atoms with E-state index < -0.39 is 0 Å². The lowest BCUT2D eigenvalue weighted by Crippen LogP contribution is -2.13. The number of rotatable bonds is 6. The molecule has 0 saturated heterocycles. The minimum absolute atomic E-state index is 0.189. The van der Waals surface area contributed by atoms with Crippen molar-refractivity contribution in [2.24, 2.45) is 5.84 Å². The summed E-state index contributed by atoms with van der Waals surface area (Å²) in [5, 5.41) is 0.379. The lowest BCUT2D eigenvalue weighted by atomic mass is 10.4. The van der Waals surface area contributed by atoms with Crippen LogP contribution in [0.4, 0.5) is 10.3 Å². The maximum absolute atomic E-state index is 13.1. The summed E-state index contributed by atoms with van der Waals surface area (Å²) in [6.07, 6.45) is 0.837. The summed E-state index contributed by atoms with van der Waals surface area (Å²) in [7, 11) is 0. The first-order valence-corrected chi connectivity index (χ1v) is 6.82. The first-order chi connectivity index (χ1) is 9.71. The van der Waals surface area contributed by atoms with Gasteiger partial charge in [-0.2, -0.15) is 15.0 Å².